The van der Waals surface area contributed by atoms with Crippen LogP contribution in [0.1, 0.15) is 384 Å². The van der Waals surface area contributed by atoms with E-state index in [0.29, 0.717) is 10.8 Å². The standard InChI is InChI=1S/2C40H68O3S.Ba/c2*1-3-5-7-9-11-13-15-17-19-21-23-25-27-30-36-32-29-33-38-39(44(41,42)43)35-34-37(40(36)38)31-28-26-24-22-20-18-16-14-12-10-8-6-4-2;/h2*29,32-35H,3-28,30-31H2,1-2H3,(H,41,42,43);/q;;+2/p-2. The molecule has 89 heavy (non-hydrogen) atoms. The van der Waals surface area contributed by atoms with Gasteiger partial charge in [0, 0.05) is 0 Å². The molecule has 504 valence electrons. The van der Waals surface area contributed by atoms with E-state index in [1.807, 2.05) is 36.4 Å². The van der Waals surface area contributed by atoms with Crippen LogP contribution in [-0.2, 0) is 45.9 Å². The molecule has 4 aromatic rings. The Balaban J connectivity index is 0.000000600. The van der Waals surface area contributed by atoms with Crippen molar-refractivity contribution in [2.24, 2.45) is 0 Å². The smallest absolute Gasteiger partial charge is 0.744 e. The minimum Gasteiger partial charge on any atom is -0.744 e. The first-order valence-corrected chi connectivity index (χ1v) is 40.8. The molecule has 6 nitrogen and oxygen atoms in total. The summed E-state index contributed by atoms with van der Waals surface area (Å²) in [6.45, 7) is 9.10. The van der Waals surface area contributed by atoms with E-state index in [0.717, 1.165) is 62.1 Å². The van der Waals surface area contributed by atoms with Gasteiger partial charge in [0.25, 0.3) is 0 Å². The Labute approximate surface area is 591 Å². The molecule has 0 aliphatic heterocycles. The van der Waals surface area contributed by atoms with E-state index < -0.39 is 20.2 Å². The van der Waals surface area contributed by atoms with Gasteiger partial charge in [0.15, 0.2) is 0 Å². The van der Waals surface area contributed by atoms with Crippen LogP contribution >= 0.6 is 0 Å². The van der Waals surface area contributed by atoms with Crippen molar-refractivity contribution in [2.45, 2.75) is 397 Å². The minimum absolute atomic E-state index is 0. The van der Waals surface area contributed by atoms with Crippen LogP contribution in [0.15, 0.2) is 70.5 Å². The molecule has 0 aliphatic carbocycles. The minimum atomic E-state index is -4.51. The monoisotopic (exact) mass is 1390 g/mol. The van der Waals surface area contributed by atoms with Gasteiger partial charge in [0.05, 0.1) is 9.79 Å². The Morgan fingerprint density at radius 1 is 0.236 bits per heavy atom. The zero-order valence-electron chi connectivity index (χ0n) is 58.3. The molecule has 4 aromatic carbocycles. The predicted molar refractivity (Wildman–Crippen MR) is 387 cm³/mol. The molecule has 0 saturated carbocycles. The Morgan fingerprint density at radius 3 is 0.584 bits per heavy atom. The average Bonchev–Trinajstić information content (AvgIpc) is 1.84. The third-order valence-electron chi connectivity index (χ3n) is 19.1. The summed E-state index contributed by atoms with van der Waals surface area (Å²) in [5, 5.41) is 3.31. The summed E-state index contributed by atoms with van der Waals surface area (Å²) in [6.07, 6.45) is 73.1. The first kappa shape index (κ1) is 83.9. The fraction of sp³-hybridized carbons (Fsp3) is 0.750. The summed E-state index contributed by atoms with van der Waals surface area (Å²) >= 11 is 0. The van der Waals surface area contributed by atoms with Gasteiger partial charge in [-0.15, -0.1) is 0 Å². The maximum atomic E-state index is 12.1. The summed E-state index contributed by atoms with van der Waals surface area (Å²) in [5.41, 5.74) is 4.84. The van der Waals surface area contributed by atoms with E-state index in [1.54, 1.807) is 12.1 Å². The molecule has 0 fully saturated rings. The van der Waals surface area contributed by atoms with Crippen molar-refractivity contribution in [3.05, 3.63) is 82.9 Å². The summed E-state index contributed by atoms with van der Waals surface area (Å²) in [6, 6.07) is 18.8. The number of aryl methyl sites for hydroxylation is 4. The van der Waals surface area contributed by atoms with Gasteiger partial charge in [-0.2, -0.15) is 0 Å². The SMILES string of the molecule is CCCCCCCCCCCCCCCc1cccc2c(S(=O)(=O)[O-])ccc(CCCCCCCCCCCCCCC)c12.CCCCCCCCCCCCCCCc1cccc2c(S(=O)(=O)[O-])ccc(CCCCCCCCCCCCCCC)c12.[Ba+2]. The first-order valence-electron chi connectivity index (χ1n) is 38.0. The van der Waals surface area contributed by atoms with Gasteiger partial charge in [-0.3, -0.25) is 0 Å². The van der Waals surface area contributed by atoms with Gasteiger partial charge < -0.3 is 9.11 Å². The van der Waals surface area contributed by atoms with E-state index in [2.05, 4.69) is 39.8 Å². The molecule has 0 heterocycles. The molecule has 0 atom stereocenters. The molecule has 9 heteroatoms. The van der Waals surface area contributed by atoms with Crippen LogP contribution in [0.4, 0.5) is 0 Å². The van der Waals surface area contributed by atoms with Gasteiger partial charge in [-0.25, -0.2) is 16.8 Å². The summed E-state index contributed by atoms with van der Waals surface area (Å²) < 4.78 is 72.5. The number of rotatable bonds is 58. The second-order valence-corrected chi connectivity index (χ2v) is 29.7. The van der Waals surface area contributed by atoms with Gasteiger partial charge in [-0.05, 0) is 107 Å². The van der Waals surface area contributed by atoms with Crippen molar-refractivity contribution in [1.29, 1.82) is 0 Å². The van der Waals surface area contributed by atoms with E-state index in [9.17, 15) is 25.9 Å². The van der Waals surface area contributed by atoms with Crippen molar-refractivity contribution in [3.63, 3.8) is 0 Å². The van der Waals surface area contributed by atoms with Gasteiger partial charge in [0.2, 0.25) is 0 Å². The normalized spacial score (nSPS) is 11.8. The number of hydrogen-bond acceptors (Lipinski definition) is 6. The second kappa shape index (κ2) is 56.0. The third-order valence-corrected chi connectivity index (χ3v) is 20.9. The first-order chi connectivity index (χ1) is 43.0. The van der Waals surface area contributed by atoms with Gasteiger partial charge in [0.1, 0.15) is 20.2 Å². The zero-order chi connectivity index (χ0) is 63.4. The molecular weight excluding hydrogens is 1260 g/mol. The summed E-state index contributed by atoms with van der Waals surface area (Å²) in [4.78, 5) is -0.123. The van der Waals surface area contributed by atoms with Crippen LogP contribution < -0.4 is 0 Å². The van der Waals surface area contributed by atoms with E-state index in [4.69, 9.17) is 0 Å². The van der Waals surface area contributed by atoms with Crippen LogP contribution in [0.3, 0.4) is 0 Å². The van der Waals surface area contributed by atoms with Crippen molar-refractivity contribution < 1.29 is 25.9 Å². The van der Waals surface area contributed by atoms with Gasteiger partial charge in [-0.1, -0.05) is 384 Å². The van der Waals surface area contributed by atoms with E-state index >= 15 is 0 Å². The molecule has 0 N–H and O–H groups in total. The molecule has 0 spiro atoms. The topological polar surface area (TPSA) is 114 Å². The molecule has 0 bridgehead atoms. The van der Waals surface area contributed by atoms with Crippen LogP contribution in [0.25, 0.3) is 21.5 Å². The maximum absolute atomic E-state index is 12.1. The molecule has 0 aliphatic rings. The molecule has 0 unspecified atom stereocenters. The average molecular weight is 1390 g/mol. The molecule has 4 rings (SSSR count). The Bertz CT molecular complexity index is 2290. The van der Waals surface area contributed by atoms with Crippen LogP contribution in [-0.4, -0.2) is 74.8 Å². The summed E-state index contributed by atoms with van der Waals surface area (Å²) in [7, 11) is -9.02. The van der Waals surface area contributed by atoms with Crippen molar-refractivity contribution in [2.75, 3.05) is 0 Å². The van der Waals surface area contributed by atoms with Crippen molar-refractivity contribution in [3.8, 4) is 0 Å². The number of unbranched alkanes of at least 4 members (excludes halogenated alkanes) is 48. The van der Waals surface area contributed by atoms with E-state index in [-0.39, 0.29) is 58.7 Å². The third kappa shape index (κ3) is 40.1. The van der Waals surface area contributed by atoms with Crippen LogP contribution in [0, 0.1) is 0 Å². The molecule has 0 amide bonds. The zero-order valence-corrected chi connectivity index (χ0v) is 64.4. The van der Waals surface area contributed by atoms with Crippen molar-refractivity contribution >= 4 is 90.7 Å². The molecular formula is C80H134BaO6S2. The van der Waals surface area contributed by atoms with Crippen LogP contribution in [0.2, 0.25) is 0 Å². The molecule has 0 aromatic heterocycles. The van der Waals surface area contributed by atoms with Crippen molar-refractivity contribution in [1.82, 2.24) is 0 Å². The maximum Gasteiger partial charge on any atom is 2.00 e. The molecule has 0 radical (unpaired) electrons. The predicted octanol–water partition coefficient (Wildman–Crippen LogP) is 25.6. The fourth-order valence-electron chi connectivity index (χ4n) is 13.7. The van der Waals surface area contributed by atoms with E-state index in [1.165, 1.54) is 330 Å². The van der Waals surface area contributed by atoms with Crippen LogP contribution in [0.5, 0.6) is 0 Å². The number of hydrogen-bond donors (Lipinski definition) is 0. The Morgan fingerprint density at radius 2 is 0.404 bits per heavy atom. The Hall–Kier alpha value is -1.21. The number of fused-ring (bicyclic) bond motifs is 2. The summed E-state index contributed by atoms with van der Waals surface area (Å²) in [5.74, 6) is 0. The Kier molecular flexibility index (Phi) is 52.8. The molecule has 0 saturated heterocycles. The largest absolute Gasteiger partial charge is 2.00 e. The van der Waals surface area contributed by atoms with Gasteiger partial charge >= 0.3 is 48.9 Å². The fourth-order valence-corrected chi connectivity index (χ4v) is 15.0. The second-order valence-electron chi connectivity index (χ2n) is 27.0. The quantitative estimate of drug-likeness (QED) is 0.0247. The number of benzene rings is 4.